The van der Waals surface area contributed by atoms with Gasteiger partial charge in [0.2, 0.25) is 0 Å². The summed E-state index contributed by atoms with van der Waals surface area (Å²) in [5.74, 6) is 0.613. The SMILES string of the molecule is c1ccc(Nc2nnnc3cccnc23)cc1. The van der Waals surface area contributed by atoms with E-state index in [1.807, 2.05) is 42.5 Å². The van der Waals surface area contributed by atoms with E-state index in [4.69, 9.17) is 0 Å². The van der Waals surface area contributed by atoms with Crippen LogP contribution in [0.5, 0.6) is 0 Å². The molecule has 0 aliphatic rings. The van der Waals surface area contributed by atoms with Crippen molar-refractivity contribution in [3.8, 4) is 0 Å². The zero-order valence-corrected chi connectivity index (χ0v) is 8.91. The number of para-hydroxylation sites is 1. The highest BCUT2D eigenvalue weighted by Crippen LogP contribution is 2.19. The summed E-state index contributed by atoms with van der Waals surface area (Å²) < 4.78 is 0. The van der Waals surface area contributed by atoms with Gasteiger partial charge in [0.25, 0.3) is 0 Å². The molecule has 0 aliphatic heterocycles. The summed E-state index contributed by atoms with van der Waals surface area (Å²) in [4.78, 5) is 4.25. The monoisotopic (exact) mass is 223 g/mol. The Labute approximate surface area is 97.5 Å². The molecule has 0 radical (unpaired) electrons. The molecule has 0 aliphatic carbocycles. The molecule has 0 spiro atoms. The second-order valence-electron chi connectivity index (χ2n) is 3.50. The van der Waals surface area contributed by atoms with E-state index < -0.39 is 0 Å². The molecule has 17 heavy (non-hydrogen) atoms. The number of hydrogen-bond acceptors (Lipinski definition) is 5. The summed E-state index contributed by atoms with van der Waals surface area (Å²) in [5.41, 5.74) is 2.38. The topological polar surface area (TPSA) is 63.6 Å². The predicted octanol–water partition coefficient (Wildman–Crippen LogP) is 2.16. The van der Waals surface area contributed by atoms with E-state index in [2.05, 4.69) is 25.7 Å². The Morgan fingerprint density at radius 2 is 1.76 bits per heavy atom. The Hall–Kier alpha value is -2.56. The van der Waals surface area contributed by atoms with Gasteiger partial charge in [-0.2, -0.15) is 0 Å². The highest BCUT2D eigenvalue weighted by molar-refractivity contribution is 5.85. The third-order valence-electron chi connectivity index (χ3n) is 2.34. The molecule has 3 rings (SSSR count). The molecule has 3 aromatic rings. The summed E-state index contributed by atoms with van der Waals surface area (Å²) in [6, 6.07) is 13.4. The van der Waals surface area contributed by atoms with Gasteiger partial charge >= 0.3 is 0 Å². The van der Waals surface area contributed by atoms with Gasteiger partial charge in [-0.1, -0.05) is 18.2 Å². The van der Waals surface area contributed by atoms with Crippen molar-refractivity contribution in [1.82, 2.24) is 20.4 Å². The van der Waals surface area contributed by atoms with E-state index in [-0.39, 0.29) is 0 Å². The summed E-state index contributed by atoms with van der Waals surface area (Å²) in [5, 5.41) is 14.8. The maximum atomic E-state index is 4.25. The molecule has 0 atom stereocenters. The van der Waals surface area contributed by atoms with Gasteiger partial charge in [-0.05, 0) is 29.5 Å². The van der Waals surface area contributed by atoms with Gasteiger partial charge in [-0.15, -0.1) is 10.2 Å². The van der Waals surface area contributed by atoms with Crippen LogP contribution < -0.4 is 5.32 Å². The number of pyridine rings is 1. The fourth-order valence-electron chi connectivity index (χ4n) is 1.56. The van der Waals surface area contributed by atoms with Crippen LogP contribution in [-0.2, 0) is 0 Å². The van der Waals surface area contributed by atoms with Gasteiger partial charge in [0.15, 0.2) is 5.82 Å². The quantitative estimate of drug-likeness (QED) is 0.721. The van der Waals surface area contributed by atoms with Crippen molar-refractivity contribution in [1.29, 1.82) is 0 Å². The van der Waals surface area contributed by atoms with Crippen molar-refractivity contribution in [2.75, 3.05) is 5.32 Å². The number of hydrogen-bond donors (Lipinski definition) is 1. The maximum Gasteiger partial charge on any atom is 0.183 e. The Morgan fingerprint density at radius 3 is 2.65 bits per heavy atom. The van der Waals surface area contributed by atoms with Crippen LogP contribution in [0, 0.1) is 0 Å². The minimum Gasteiger partial charge on any atom is -0.337 e. The molecule has 0 unspecified atom stereocenters. The molecule has 5 nitrogen and oxygen atoms in total. The molecule has 0 fully saturated rings. The van der Waals surface area contributed by atoms with Crippen LogP contribution in [0.3, 0.4) is 0 Å². The van der Waals surface area contributed by atoms with E-state index in [1.54, 1.807) is 6.20 Å². The predicted molar refractivity (Wildman–Crippen MR) is 64.9 cm³/mol. The first-order chi connectivity index (χ1) is 8.43. The van der Waals surface area contributed by atoms with Crippen molar-refractivity contribution in [2.24, 2.45) is 0 Å². The van der Waals surface area contributed by atoms with Crippen molar-refractivity contribution >= 4 is 22.5 Å². The molecule has 5 heteroatoms. The van der Waals surface area contributed by atoms with Crippen molar-refractivity contribution in [3.05, 3.63) is 48.7 Å². The van der Waals surface area contributed by atoms with Crippen LogP contribution in [0.4, 0.5) is 11.5 Å². The van der Waals surface area contributed by atoms with Gasteiger partial charge in [-0.25, -0.2) is 0 Å². The average Bonchev–Trinajstić information content (AvgIpc) is 2.40. The summed E-state index contributed by atoms with van der Waals surface area (Å²) in [6.07, 6.45) is 1.71. The van der Waals surface area contributed by atoms with Crippen LogP contribution in [0.1, 0.15) is 0 Å². The van der Waals surface area contributed by atoms with Crippen LogP contribution in [0.15, 0.2) is 48.7 Å². The Bertz CT molecular complexity index is 633. The molecular formula is C12H9N5. The average molecular weight is 223 g/mol. The minimum absolute atomic E-state index is 0.613. The second-order valence-corrected chi connectivity index (χ2v) is 3.50. The van der Waals surface area contributed by atoms with Crippen molar-refractivity contribution < 1.29 is 0 Å². The fraction of sp³-hybridized carbons (Fsp3) is 0. The molecule has 1 N–H and O–H groups in total. The van der Waals surface area contributed by atoms with Crippen LogP contribution in [-0.4, -0.2) is 20.4 Å². The normalized spacial score (nSPS) is 10.4. The number of aromatic nitrogens is 4. The van der Waals surface area contributed by atoms with E-state index in [0.29, 0.717) is 11.3 Å². The summed E-state index contributed by atoms with van der Waals surface area (Å²) in [6.45, 7) is 0. The van der Waals surface area contributed by atoms with Gasteiger partial charge in [0.05, 0.1) is 0 Å². The standard InChI is InChI=1S/C12H9N5/c1-2-5-9(6-3-1)14-12-11-10(15-17-16-12)7-4-8-13-11/h1-8H,(H,14,15,16). The van der Waals surface area contributed by atoms with Crippen molar-refractivity contribution in [3.63, 3.8) is 0 Å². The molecule has 0 bridgehead atoms. The number of benzene rings is 1. The third-order valence-corrected chi connectivity index (χ3v) is 2.34. The van der Waals surface area contributed by atoms with E-state index >= 15 is 0 Å². The third kappa shape index (κ3) is 1.90. The lowest BCUT2D eigenvalue weighted by Gasteiger charge is -2.05. The summed E-state index contributed by atoms with van der Waals surface area (Å²) in [7, 11) is 0. The van der Waals surface area contributed by atoms with Gasteiger partial charge in [0, 0.05) is 11.9 Å². The second kappa shape index (κ2) is 4.13. The highest BCUT2D eigenvalue weighted by Gasteiger charge is 2.05. The van der Waals surface area contributed by atoms with E-state index in [9.17, 15) is 0 Å². The number of nitrogens with one attached hydrogen (secondary N) is 1. The lowest BCUT2D eigenvalue weighted by molar-refractivity contribution is 0.897. The molecular weight excluding hydrogens is 214 g/mol. The molecule has 2 aromatic heterocycles. The zero-order valence-electron chi connectivity index (χ0n) is 8.91. The first-order valence-corrected chi connectivity index (χ1v) is 5.20. The molecule has 0 saturated carbocycles. The van der Waals surface area contributed by atoms with E-state index in [0.717, 1.165) is 11.2 Å². The summed E-state index contributed by atoms with van der Waals surface area (Å²) >= 11 is 0. The lowest BCUT2D eigenvalue weighted by Crippen LogP contribution is -1.99. The molecule has 0 amide bonds. The fourth-order valence-corrected chi connectivity index (χ4v) is 1.56. The first-order valence-electron chi connectivity index (χ1n) is 5.20. The largest absolute Gasteiger partial charge is 0.337 e. The number of fused-ring (bicyclic) bond motifs is 1. The van der Waals surface area contributed by atoms with Crippen LogP contribution in [0.25, 0.3) is 11.0 Å². The molecule has 0 saturated heterocycles. The van der Waals surface area contributed by atoms with Crippen LogP contribution >= 0.6 is 0 Å². The van der Waals surface area contributed by atoms with Gasteiger partial charge < -0.3 is 5.32 Å². The first kappa shape index (κ1) is 9.65. The van der Waals surface area contributed by atoms with Gasteiger partial charge in [-0.3, -0.25) is 4.98 Å². The van der Waals surface area contributed by atoms with E-state index in [1.165, 1.54) is 0 Å². The zero-order chi connectivity index (χ0) is 11.5. The smallest absolute Gasteiger partial charge is 0.183 e. The Balaban J connectivity index is 2.06. The molecule has 1 aromatic carbocycles. The Morgan fingerprint density at radius 1 is 0.882 bits per heavy atom. The lowest BCUT2D eigenvalue weighted by atomic mass is 10.3. The van der Waals surface area contributed by atoms with Gasteiger partial charge in [0.1, 0.15) is 11.0 Å². The molecule has 2 heterocycles. The number of nitrogens with zero attached hydrogens (tertiary/aromatic N) is 4. The highest BCUT2D eigenvalue weighted by atomic mass is 15.3. The number of anilines is 2. The maximum absolute atomic E-state index is 4.25. The number of rotatable bonds is 2. The van der Waals surface area contributed by atoms with Crippen molar-refractivity contribution in [2.45, 2.75) is 0 Å². The molecule has 82 valence electrons. The minimum atomic E-state index is 0.613. The van der Waals surface area contributed by atoms with Crippen LogP contribution in [0.2, 0.25) is 0 Å². The Kier molecular flexibility index (Phi) is 2.34.